The second-order valence-electron chi connectivity index (χ2n) is 4.40. The van der Waals surface area contributed by atoms with E-state index in [1.807, 2.05) is 30.3 Å². The minimum absolute atomic E-state index is 0.113. The second kappa shape index (κ2) is 7.23. The van der Waals surface area contributed by atoms with Crippen molar-refractivity contribution in [1.82, 2.24) is 15.5 Å². The Hall–Kier alpha value is -2.43. The zero-order valence-electron chi connectivity index (χ0n) is 11.5. The van der Waals surface area contributed by atoms with Gasteiger partial charge in [-0.05, 0) is 42.8 Å². The van der Waals surface area contributed by atoms with Gasteiger partial charge in [-0.15, -0.1) is 0 Å². The molecule has 0 saturated heterocycles. The minimum Gasteiger partial charge on any atom is -0.385 e. The molecule has 1 aromatic carbocycles. The van der Waals surface area contributed by atoms with Crippen LogP contribution in [0.3, 0.4) is 0 Å². The number of benzene rings is 1. The van der Waals surface area contributed by atoms with Gasteiger partial charge in [-0.3, -0.25) is 4.79 Å². The largest absolute Gasteiger partial charge is 0.385 e. The third kappa shape index (κ3) is 4.05. The molecule has 5 nitrogen and oxygen atoms in total. The zero-order valence-corrected chi connectivity index (χ0v) is 11.5. The van der Waals surface area contributed by atoms with Crippen LogP contribution < -0.4 is 10.6 Å². The molecular formula is C15H18N4O. The lowest BCUT2D eigenvalue weighted by atomic mass is 10.2. The van der Waals surface area contributed by atoms with E-state index >= 15 is 0 Å². The van der Waals surface area contributed by atoms with E-state index in [0.717, 1.165) is 24.3 Å². The molecule has 20 heavy (non-hydrogen) atoms. The summed E-state index contributed by atoms with van der Waals surface area (Å²) in [6.07, 6.45) is 2.67. The summed E-state index contributed by atoms with van der Waals surface area (Å²) in [7, 11) is 0. The maximum Gasteiger partial charge on any atom is 0.251 e. The molecule has 1 aromatic heterocycles. The molecule has 0 unspecified atom stereocenters. The van der Waals surface area contributed by atoms with E-state index in [1.54, 1.807) is 12.3 Å². The molecule has 2 N–H and O–H groups in total. The normalized spacial score (nSPS) is 10.1. The van der Waals surface area contributed by atoms with Crippen molar-refractivity contribution in [3.05, 3.63) is 53.9 Å². The van der Waals surface area contributed by atoms with Crippen LogP contribution in [0.5, 0.6) is 0 Å². The third-order valence-corrected chi connectivity index (χ3v) is 2.78. The van der Waals surface area contributed by atoms with Gasteiger partial charge in [0.05, 0.1) is 12.2 Å². The topological polar surface area (TPSA) is 66.9 Å². The summed E-state index contributed by atoms with van der Waals surface area (Å²) < 4.78 is 0. The molecule has 0 spiro atoms. The molecule has 0 aliphatic rings. The molecule has 5 heteroatoms. The Morgan fingerprint density at radius 1 is 1.20 bits per heavy atom. The molecule has 104 valence electrons. The molecule has 1 amide bonds. The van der Waals surface area contributed by atoms with Gasteiger partial charge in [0.25, 0.3) is 5.91 Å². The van der Waals surface area contributed by atoms with E-state index in [9.17, 15) is 4.79 Å². The Kier molecular flexibility index (Phi) is 5.06. The maximum atomic E-state index is 12.0. The fourth-order valence-electron chi connectivity index (χ4n) is 1.71. The Bertz CT molecular complexity index is 540. The van der Waals surface area contributed by atoms with Crippen LogP contribution in [0.2, 0.25) is 0 Å². The molecule has 0 fully saturated rings. The predicted molar refractivity (Wildman–Crippen MR) is 78.4 cm³/mol. The van der Waals surface area contributed by atoms with Gasteiger partial charge in [-0.2, -0.15) is 10.2 Å². The molecule has 0 aliphatic carbocycles. The summed E-state index contributed by atoms with van der Waals surface area (Å²) in [5, 5.41) is 13.8. The van der Waals surface area contributed by atoms with Crippen molar-refractivity contribution in [2.75, 3.05) is 11.9 Å². The van der Waals surface area contributed by atoms with Crippen molar-refractivity contribution in [2.24, 2.45) is 0 Å². The number of hydrogen-bond donors (Lipinski definition) is 2. The summed E-state index contributed by atoms with van der Waals surface area (Å²) in [6, 6.07) is 11.1. The number of amides is 1. The van der Waals surface area contributed by atoms with E-state index in [4.69, 9.17) is 0 Å². The lowest BCUT2D eigenvalue weighted by Gasteiger charge is -2.07. The molecule has 0 atom stereocenters. The smallest absolute Gasteiger partial charge is 0.251 e. The minimum atomic E-state index is -0.113. The van der Waals surface area contributed by atoms with Crippen LogP contribution in [0.4, 0.5) is 5.69 Å². The third-order valence-electron chi connectivity index (χ3n) is 2.78. The summed E-state index contributed by atoms with van der Waals surface area (Å²) >= 11 is 0. The average molecular weight is 270 g/mol. The quantitative estimate of drug-likeness (QED) is 0.844. The van der Waals surface area contributed by atoms with Crippen molar-refractivity contribution in [3.8, 4) is 0 Å². The Morgan fingerprint density at radius 2 is 2.00 bits per heavy atom. The highest BCUT2D eigenvalue weighted by molar-refractivity contribution is 5.94. The molecule has 0 bridgehead atoms. The van der Waals surface area contributed by atoms with E-state index < -0.39 is 0 Å². The number of aromatic nitrogens is 2. The first-order valence-corrected chi connectivity index (χ1v) is 6.68. The number of nitrogens with one attached hydrogen (secondary N) is 2. The molecular weight excluding hydrogens is 252 g/mol. The Balaban J connectivity index is 1.89. The number of anilines is 1. The van der Waals surface area contributed by atoms with Crippen molar-refractivity contribution < 1.29 is 4.79 Å². The van der Waals surface area contributed by atoms with Gasteiger partial charge in [0.1, 0.15) is 0 Å². The first kappa shape index (κ1) is 14.0. The van der Waals surface area contributed by atoms with Crippen molar-refractivity contribution in [3.63, 3.8) is 0 Å². The molecule has 1 heterocycles. The molecule has 0 aliphatic heterocycles. The van der Waals surface area contributed by atoms with Gasteiger partial charge >= 0.3 is 0 Å². The number of hydrogen-bond acceptors (Lipinski definition) is 4. The van der Waals surface area contributed by atoms with Crippen LogP contribution in [-0.2, 0) is 6.54 Å². The number of carbonyl (C=O) groups is 1. The highest BCUT2D eigenvalue weighted by atomic mass is 16.1. The molecule has 2 rings (SSSR count). The standard InChI is InChI=1S/C15H18N4O/c1-2-9-16-13-7-5-12(6-8-13)15(20)17-11-14-4-3-10-18-19-14/h3-8,10,16H,2,9,11H2,1H3,(H,17,20). The van der Waals surface area contributed by atoms with Gasteiger partial charge in [-0.1, -0.05) is 6.92 Å². The number of nitrogens with zero attached hydrogens (tertiary/aromatic N) is 2. The van der Waals surface area contributed by atoms with Crippen LogP contribution in [-0.4, -0.2) is 22.6 Å². The number of rotatable bonds is 6. The molecule has 0 saturated carbocycles. The van der Waals surface area contributed by atoms with Crippen LogP contribution in [0, 0.1) is 0 Å². The highest BCUT2D eigenvalue weighted by Crippen LogP contribution is 2.09. The van der Waals surface area contributed by atoms with Gasteiger partial charge in [0.15, 0.2) is 0 Å². The Labute approximate surface area is 118 Å². The van der Waals surface area contributed by atoms with E-state index in [2.05, 4.69) is 27.8 Å². The summed E-state index contributed by atoms with van der Waals surface area (Å²) in [6.45, 7) is 3.42. The van der Waals surface area contributed by atoms with Crippen molar-refractivity contribution in [2.45, 2.75) is 19.9 Å². The van der Waals surface area contributed by atoms with E-state index in [-0.39, 0.29) is 5.91 Å². The first-order valence-electron chi connectivity index (χ1n) is 6.68. The maximum absolute atomic E-state index is 12.0. The fraction of sp³-hybridized carbons (Fsp3) is 0.267. The van der Waals surface area contributed by atoms with Gasteiger partial charge < -0.3 is 10.6 Å². The lowest BCUT2D eigenvalue weighted by molar-refractivity contribution is 0.0950. The molecule has 0 radical (unpaired) electrons. The van der Waals surface area contributed by atoms with Gasteiger partial charge in [0, 0.05) is 24.0 Å². The monoisotopic (exact) mass is 270 g/mol. The average Bonchev–Trinajstić information content (AvgIpc) is 2.52. The second-order valence-corrected chi connectivity index (χ2v) is 4.40. The predicted octanol–water partition coefficient (Wildman–Crippen LogP) is 2.23. The van der Waals surface area contributed by atoms with Crippen molar-refractivity contribution in [1.29, 1.82) is 0 Å². The summed E-state index contributed by atoms with van der Waals surface area (Å²) in [5.41, 5.74) is 2.40. The SMILES string of the molecule is CCCNc1ccc(C(=O)NCc2cccnn2)cc1. The van der Waals surface area contributed by atoms with Crippen LogP contribution in [0.25, 0.3) is 0 Å². The number of carbonyl (C=O) groups excluding carboxylic acids is 1. The van der Waals surface area contributed by atoms with Crippen LogP contribution >= 0.6 is 0 Å². The first-order chi connectivity index (χ1) is 9.79. The van der Waals surface area contributed by atoms with Gasteiger partial charge in [0.2, 0.25) is 0 Å². The Morgan fingerprint density at radius 3 is 2.65 bits per heavy atom. The fourth-order valence-corrected chi connectivity index (χ4v) is 1.71. The molecule has 2 aromatic rings. The highest BCUT2D eigenvalue weighted by Gasteiger charge is 2.05. The summed E-state index contributed by atoms with van der Waals surface area (Å²) in [4.78, 5) is 12.0. The van der Waals surface area contributed by atoms with Gasteiger partial charge in [-0.25, -0.2) is 0 Å². The van der Waals surface area contributed by atoms with Crippen LogP contribution in [0.15, 0.2) is 42.6 Å². The van der Waals surface area contributed by atoms with E-state index in [0.29, 0.717) is 12.1 Å². The zero-order chi connectivity index (χ0) is 14.2. The summed E-state index contributed by atoms with van der Waals surface area (Å²) in [5.74, 6) is -0.113. The van der Waals surface area contributed by atoms with Crippen molar-refractivity contribution >= 4 is 11.6 Å². The van der Waals surface area contributed by atoms with Crippen LogP contribution in [0.1, 0.15) is 29.4 Å². The lowest BCUT2D eigenvalue weighted by Crippen LogP contribution is -2.23. The van der Waals surface area contributed by atoms with E-state index in [1.165, 1.54) is 0 Å².